The Hall–Kier alpha value is -0.320. The van der Waals surface area contributed by atoms with Crippen LogP contribution in [0.1, 0.15) is 13.8 Å². The predicted octanol–water partition coefficient (Wildman–Crippen LogP) is 1.03. The predicted molar refractivity (Wildman–Crippen MR) is 37.2 cm³/mol. The lowest BCUT2D eigenvalue weighted by molar-refractivity contribution is -0.143. The van der Waals surface area contributed by atoms with Crippen molar-refractivity contribution in [2.45, 2.75) is 25.1 Å². The van der Waals surface area contributed by atoms with E-state index in [1.807, 2.05) is 5.32 Å². The van der Waals surface area contributed by atoms with Crippen molar-refractivity contribution >= 4 is 18.5 Å². The van der Waals surface area contributed by atoms with E-state index in [9.17, 15) is 13.6 Å². The van der Waals surface area contributed by atoms with E-state index in [0.717, 1.165) is 0 Å². The highest BCUT2D eigenvalue weighted by molar-refractivity contribution is 7.80. The van der Waals surface area contributed by atoms with Gasteiger partial charge in [0.1, 0.15) is 0 Å². The zero-order valence-electron chi connectivity index (χ0n) is 5.69. The lowest BCUT2D eigenvalue weighted by atomic mass is 10.3. The van der Waals surface area contributed by atoms with Gasteiger partial charge >= 0.3 is 5.92 Å². The summed E-state index contributed by atoms with van der Waals surface area (Å²) in [7, 11) is 0. The van der Waals surface area contributed by atoms with E-state index in [1.54, 1.807) is 0 Å². The van der Waals surface area contributed by atoms with Gasteiger partial charge in [-0.25, -0.2) is 0 Å². The van der Waals surface area contributed by atoms with Gasteiger partial charge in [-0.15, -0.1) is 0 Å². The maximum absolute atomic E-state index is 12.0. The van der Waals surface area contributed by atoms with Crippen molar-refractivity contribution in [1.29, 1.82) is 0 Å². The van der Waals surface area contributed by atoms with Crippen LogP contribution in [0.25, 0.3) is 0 Å². The second kappa shape index (κ2) is 3.18. The van der Waals surface area contributed by atoms with E-state index >= 15 is 0 Å². The zero-order chi connectivity index (χ0) is 8.36. The minimum atomic E-state index is -3.31. The zero-order valence-corrected chi connectivity index (χ0v) is 6.58. The van der Waals surface area contributed by atoms with Crippen LogP contribution in [-0.4, -0.2) is 17.2 Å². The summed E-state index contributed by atoms with van der Waals surface area (Å²) in [5, 5.41) is 1.41. The average molecular weight is 169 g/mol. The molecule has 0 unspecified atom stereocenters. The molecule has 1 amide bonds. The summed E-state index contributed by atoms with van der Waals surface area (Å²) < 4.78 is 24.1. The number of amides is 1. The van der Waals surface area contributed by atoms with Crippen LogP contribution in [0.5, 0.6) is 0 Å². The van der Waals surface area contributed by atoms with E-state index in [0.29, 0.717) is 6.92 Å². The number of nitrogens with one attached hydrogen (secondary N) is 1. The number of rotatable bonds is 2. The van der Waals surface area contributed by atoms with Crippen LogP contribution in [-0.2, 0) is 4.79 Å². The van der Waals surface area contributed by atoms with Gasteiger partial charge < -0.3 is 5.32 Å². The van der Waals surface area contributed by atoms with Crippen LogP contribution in [0.2, 0.25) is 0 Å². The number of hydrogen-bond donors (Lipinski definition) is 2. The number of halogens is 2. The second-order valence-electron chi connectivity index (χ2n) is 2.04. The highest BCUT2D eigenvalue weighted by Crippen LogP contribution is 2.11. The van der Waals surface area contributed by atoms with Crippen LogP contribution < -0.4 is 5.32 Å². The molecular formula is C5H9F2NOS. The highest BCUT2D eigenvalue weighted by Gasteiger charge is 2.32. The van der Waals surface area contributed by atoms with Crippen molar-refractivity contribution in [3.8, 4) is 0 Å². The first-order valence-corrected chi connectivity index (χ1v) is 3.22. The normalized spacial score (nSPS) is 14.5. The maximum Gasteiger partial charge on any atom is 0.321 e. The highest BCUT2D eigenvalue weighted by atomic mass is 32.1. The van der Waals surface area contributed by atoms with Gasteiger partial charge in [0, 0.05) is 6.92 Å². The molecule has 10 heavy (non-hydrogen) atoms. The van der Waals surface area contributed by atoms with Gasteiger partial charge in [0.05, 0.1) is 5.37 Å². The third-order valence-electron chi connectivity index (χ3n) is 0.739. The molecule has 0 fully saturated rings. The smallest absolute Gasteiger partial charge is 0.321 e. The summed E-state index contributed by atoms with van der Waals surface area (Å²) in [6.07, 6.45) is 0. The first kappa shape index (κ1) is 9.68. The van der Waals surface area contributed by atoms with Gasteiger partial charge in [-0.3, -0.25) is 4.79 Å². The van der Waals surface area contributed by atoms with Crippen LogP contribution in [0.15, 0.2) is 0 Å². The molecule has 0 aromatic carbocycles. The lowest BCUT2D eigenvalue weighted by Gasteiger charge is -2.12. The van der Waals surface area contributed by atoms with E-state index in [4.69, 9.17) is 0 Å². The molecule has 0 radical (unpaired) electrons. The lowest BCUT2D eigenvalue weighted by Crippen LogP contribution is -2.40. The molecule has 0 aliphatic heterocycles. The van der Waals surface area contributed by atoms with Crippen molar-refractivity contribution in [3.05, 3.63) is 0 Å². The van der Waals surface area contributed by atoms with Gasteiger partial charge in [-0.2, -0.15) is 21.4 Å². The Morgan fingerprint density at radius 1 is 1.70 bits per heavy atom. The fourth-order valence-electron chi connectivity index (χ4n) is 0.316. The molecule has 0 saturated heterocycles. The Kier molecular flexibility index (Phi) is 3.08. The topological polar surface area (TPSA) is 29.1 Å². The fraction of sp³-hybridized carbons (Fsp3) is 0.800. The summed E-state index contributed by atoms with van der Waals surface area (Å²) in [6.45, 7) is 2.03. The quantitative estimate of drug-likeness (QED) is 0.469. The molecule has 0 aromatic heterocycles. The van der Waals surface area contributed by atoms with Crippen molar-refractivity contribution in [1.82, 2.24) is 5.32 Å². The van der Waals surface area contributed by atoms with Gasteiger partial charge in [0.25, 0.3) is 5.91 Å². The van der Waals surface area contributed by atoms with Gasteiger partial charge in [0.15, 0.2) is 0 Å². The monoisotopic (exact) mass is 169 g/mol. The molecule has 0 spiro atoms. The number of carbonyl (C=O) groups excluding carboxylic acids is 1. The summed E-state index contributed by atoms with van der Waals surface area (Å²) >= 11 is 3.70. The molecule has 0 heterocycles. The van der Waals surface area contributed by atoms with Gasteiger partial charge in [-0.05, 0) is 6.92 Å². The van der Waals surface area contributed by atoms with Gasteiger partial charge in [0.2, 0.25) is 0 Å². The molecule has 0 rings (SSSR count). The number of carbonyl (C=O) groups is 1. The molecule has 1 N–H and O–H groups in total. The SMILES string of the molecule is C[C@H](S)NC(=O)C(C)(F)F. The molecule has 0 saturated carbocycles. The third-order valence-corrected chi connectivity index (χ3v) is 0.868. The molecule has 2 nitrogen and oxygen atoms in total. The molecule has 0 bridgehead atoms. The minimum Gasteiger partial charge on any atom is -0.340 e. The van der Waals surface area contributed by atoms with Crippen molar-refractivity contribution < 1.29 is 13.6 Å². The van der Waals surface area contributed by atoms with Crippen molar-refractivity contribution in [2.24, 2.45) is 0 Å². The largest absolute Gasteiger partial charge is 0.340 e. The van der Waals surface area contributed by atoms with Crippen LogP contribution >= 0.6 is 12.6 Å². The Balaban J connectivity index is 3.87. The maximum atomic E-state index is 12.0. The first-order valence-electron chi connectivity index (χ1n) is 2.71. The number of hydrogen-bond acceptors (Lipinski definition) is 2. The Morgan fingerprint density at radius 3 is 2.20 bits per heavy atom. The summed E-state index contributed by atoms with van der Waals surface area (Å²) in [5.74, 6) is -4.60. The van der Waals surface area contributed by atoms with Crippen LogP contribution in [0.4, 0.5) is 8.78 Å². The average Bonchev–Trinajstić information content (AvgIpc) is 1.60. The summed E-state index contributed by atoms with van der Waals surface area (Å²) in [4.78, 5) is 10.4. The Morgan fingerprint density at radius 2 is 2.10 bits per heavy atom. The molecule has 0 aromatic rings. The minimum absolute atomic E-state index is 0.540. The van der Waals surface area contributed by atoms with Gasteiger partial charge in [-0.1, -0.05) is 0 Å². The van der Waals surface area contributed by atoms with E-state index in [2.05, 4.69) is 12.6 Å². The molecule has 0 aliphatic rings. The first-order chi connectivity index (χ1) is 4.34. The summed E-state index contributed by atoms with van der Waals surface area (Å²) in [5.41, 5.74) is 0. The standard InChI is InChI=1S/C5H9F2NOS/c1-3(10)8-4(9)5(2,6)7/h3,10H,1-2H3,(H,8,9)/t3-/m0/s1. The Labute approximate surface area is 63.4 Å². The number of alkyl halides is 2. The van der Waals surface area contributed by atoms with Crippen molar-refractivity contribution in [3.63, 3.8) is 0 Å². The van der Waals surface area contributed by atoms with Crippen LogP contribution in [0, 0.1) is 0 Å². The fourth-order valence-corrected chi connectivity index (χ4v) is 0.434. The number of thiol groups is 1. The van der Waals surface area contributed by atoms with E-state index < -0.39 is 17.2 Å². The third kappa shape index (κ3) is 3.66. The van der Waals surface area contributed by atoms with E-state index in [1.165, 1.54) is 6.92 Å². The Bertz CT molecular complexity index is 132. The van der Waals surface area contributed by atoms with E-state index in [-0.39, 0.29) is 0 Å². The second-order valence-corrected chi connectivity index (χ2v) is 2.81. The molecular weight excluding hydrogens is 160 g/mol. The molecule has 5 heteroatoms. The van der Waals surface area contributed by atoms with Crippen LogP contribution in [0.3, 0.4) is 0 Å². The molecule has 60 valence electrons. The summed E-state index contributed by atoms with van der Waals surface area (Å²) in [6, 6.07) is 0. The van der Waals surface area contributed by atoms with Crippen molar-refractivity contribution in [2.75, 3.05) is 0 Å². The molecule has 0 aliphatic carbocycles. The molecule has 1 atom stereocenters.